The van der Waals surface area contributed by atoms with Crippen molar-refractivity contribution in [1.29, 1.82) is 0 Å². The van der Waals surface area contributed by atoms with E-state index < -0.39 is 0 Å². The van der Waals surface area contributed by atoms with Gasteiger partial charge in [0.1, 0.15) is 5.75 Å². The summed E-state index contributed by atoms with van der Waals surface area (Å²) in [7, 11) is 3.35. The van der Waals surface area contributed by atoms with Crippen LogP contribution in [0.25, 0.3) is 21.9 Å². The fraction of sp³-hybridized carbons (Fsp3) is 0.105. The van der Waals surface area contributed by atoms with Crippen LogP contribution in [0.15, 0.2) is 59.1 Å². The van der Waals surface area contributed by atoms with Crippen LogP contribution in [-0.4, -0.2) is 30.0 Å². The van der Waals surface area contributed by atoms with E-state index in [-0.39, 0.29) is 11.7 Å². The first-order valence-corrected chi connectivity index (χ1v) is 8.00. The molecule has 116 valence electrons. The first-order valence-electron chi connectivity index (χ1n) is 7.21. The van der Waals surface area contributed by atoms with Crippen molar-refractivity contribution < 1.29 is 9.90 Å². The summed E-state index contributed by atoms with van der Waals surface area (Å²) in [4.78, 5) is 13.9. The van der Waals surface area contributed by atoms with E-state index in [1.165, 1.54) is 4.90 Å². The average Bonchev–Trinajstić information content (AvgIpc) is 2.56. The number of carbonyl (C=O) groups excluding carboxylic acids is 1. The van der Waals surface area contributed by atoms with E-state index in [1.807, 2.05) is 48.5 Å². The van der Waals surface area contributed by atoms with Gasteiger partial charge >= 0.3 is 0 Å². The highest BCUT2D eigenvalue weighted by molar-refractivity contribution is 9.10. The molecule has 1 N–H and O–H groups in total. The molecular weight excluding hydrogens is 354 g/mol. The molecule has 0 radical (unpaired) electrons. The van der Waals surface area contributed by atoms with Crippen molar-refractivity contribution in [2.75, 3.05) is 14.1 Å². The molecule has 23 heavy (non-hydrogen) atoms. The molecule has 3 nitrogen and oxygen atoms in total. The summed E-state index contributed by atoms with van der Waals surface area (Å²) >= 11 is 3.44. The monoisotopic (exact) mass is 369 g/mol. The van der Waals surface area contributed by atoms with Gasteiger partial charge in [-0.2, -0.15) is 0 Å². The predicted molar refractivity (Wildman–Crippen MR) is 96.8 cm³/mol. The first kappa shape index (κ1) is 15.6. The number of carbonyl (C=O) groups is 1. The maximum atomic E-state index is 12.4. The van der Waals surface area contributed by atoms with Crippen molar-refractivity contribution in [3.05, 3.63) is 64.6 Å². The van der Waals surface area contributed by atoms with E-state index in [0.29, 0.717) is 10.9 Å². The van der Waals surface area contributed by atoms with Crippen LogP contribution < -0.4 is 0 Å². The number of aromatic hydroxyl groups is 1. The molecule has 0 spiro atoms. The molecule has 1 amide bonds. The Labute approximate surface area is 143 Å². The molecule has 4 heteroatoms. The second-order valence-electron chi connectivity index (χ2n) is 5.57. The molecule has 0 fully saturated rings. The van der Waals surface area contributed by atoms with Crippen molar-refractivity contribution in [3.8, 4) is 16.9 Å². The minimum Gasteiger partial charge on any atom is -0.506 e. The number of rotatable bonds is 2. The SMILES string of the molecule is CN(C)C(=O)c1cc(-c2ccc(Br)cc2)c2ccccc2c1O. The summed E-state index contributed by atoms with van der Waals surface area (Å²) < 4.78 is 0.994. The van der Waals surface area contributed by atoms with Crippen LogP contribution in [0.4, 0.5) is 0 Å². The number of nitrogens with zero attached hydrogens (tertiary/aromatic N) is 1. The second kappa shape index (κ2) is 6.05. The van der Waals surface area contributed by atoms with Gasteiger partial charge in [-0.3, -0.25) is 4.79 Å². The minimum atomic E-state index is -0.216. The molecule has 0 saturated carbocycles. The van der Waals surface area contributed by atoms with Gasteiger partial charge in [0.15, 0.2) is 0 Å². The van der Waals surface area contributed by atoms with E-state index >= 15 is 0 Å². The van der Waals surface area contributed by atoms with Gasteiger partial charge < -0.3 is 10.0 Å². The molecule has 0 aliphatic heterocycles. The standard InChI is InChI=1S/C19H16BrNO2/c1-21(2)19(23)17-11-16(12-7-9-13(20)10-8-12)14-5-3-4-6-15(14)18(17)22/h3-11,22H,1-2H3. The van der Waals surface area contributed by atoms with E-state index in [2.05, 4.69) is 15.9 Å². The number of amides is 1. The fourth-order valence-corrected chi connectivity index (χ4v) is 2.90. The summed E-state index contributed by atoms with van der Waals surface area (Å²) in [6.45, 7) is 0. The van der Waals surface area contributed by atoms with Gasteiger partial charge in [-0.25, -0.2) is 0 Å². The molecule has 0 bridgehead atoms. The Hall–Kier alpha value is -2.33. The van der Waals surface area contributed by atoms with Crippen LogP contribution in [0.1, 0.15) is 10.4 Å². The summed E-state index contributed by atoms with van der Waals surface area (Å²) in [5, 5.41) is 12.1. The third-order valence-corrected chi connectivity index (χ3v) is 4.34. The molecule has 0 atom stereocenters. The zero-order chi connectivity index (χ0) is 16.6. The highest BCUT2D eigenvalue weighted by atomic mass is 79.9. The maximum Gasteiger partial charge on any atom is 0.257 e. The highest BCUT2D eigenvalue weighted by Gasteiger charge is 2.18. The molecule has 0 aromatic heterocycles. The van der Waals surface area contributed by atoms with Crippen molar-refractivity contribution in [3.63, 3.8) is 0 Å². The Kier molecular flexibility index (Phi) is 4.09. The van der Waals surface area contributed by atoms with Crippen LogP contribution in [-0.2, 0) is 0 Å². The number of fused-ring (bicyclic) bond motifs is 1. The number of phenols is 1. The van der Waals surface area contributed by atoms with Crippen molar-refractivity contribution in [2.45, 2.75) is 0 Å². The van der Waals surface area contributed by atoms with Gasteiger partial charge in [0.2, 0.25) is 0 Å². The quantitative estimate of drug-likeness (QED) is 0.712. The van der Waals surface area contributed by atoms with E-state index in [4.69, 9.17) is 0 Å². The lowest BCUT2D eigenvalue weighted by molar-refractivity contribution is 0.0825. The average molecular weight is 370 g/mol. The first-order chi connectivity index (χ1) is 11.0. The van der Waals surface area contributed by atoms with E-state index in [1.54, 1.807) is 20.2 Å². The Morgan fingerprint density at radius 3 is 2.22 bits per heavy atom. The number of hydrogen-bond donors (Lipinski definition) is 1. The largest absolute Gasteiger partial charge is 0.506 e. The van der Waals surface area contributed by atoms with Crippen molar-refractivity contribution >= 4 is 32.6 Å². The molecule has 0 saturated heterocycles. The van der Waals surface area contributed by atoms with Crippen LogP contribution in [0.2, 0.25) is 0 Å². The third-order valence-electron chi connectivity index (χ3n) is 3.81. The van der Waals surface area contributed by atoms with Crippen LogP contribution >= 0.6 is 15.9 Å². The minimum absolute atomic E-state index is 0.0279. The summed E-state index contributed by atoms with van der Waals surface area (Å²) in [6.07, 6.45) is 0. The summed E-state index contributed by atoms with van der Waals surface area (Å²) in [6, 6.07) is 17.3. The molecular formula is C19H16BrNO2. The van der Waals surface area contributed by atoms with Gasteiger partial charge in [-0.1, -0.05) is 52.3 Å². The van der Waals surface area contributed by atoms with E-state index in [9.17, 15) is 9.90 Å². The van der Waals surface area contributed by atoms with Gasteiger partial charge in [-0.05, 0) is 34.7 Å². The lowest BCUT2D eigenvalue weighted by Gasteiger charge is -2.16. The molecule has 3 aromatic rings. The molecule has 0 aliphatic carbocycles. The van der Waals surface area contributed by atoms with Gasteiger partial charge in [-0.15, -0.1) is 0 Å². The molecule has 3 rings (SSSR count). The number of hydrogen-bond acceptors (Lipinski definition) is 2. The van der Waals surface area contributed by atoms with Crippen molar-refractivity contribution in [1.82, 2.24) is 4.90 Å². The Morgan fingerprint density at radius 1 is 1.00 bits per heavy atom. The molecule has 3 aromatic carbocycles. The predicted octanol–water partition coefficient (Wildman–Crippen LogP) is 4.68. The highest BCUT2D eigenvalue weighted by Crippen LogP contribution is 2.37. The number of halogens is 1. The van der Waals surface area contributed by atoms with E-state index in [0.717, 1.165) is 21.0 Å². The zero-order valence-corrected chi connectivity index (χ0v) is 14.5. The summed E-state index contributed by atoms with van der Waals surface area (Å²) in [5.41, 5.74) is 2.24. The van der Waals surface area contributed by atoms with Crippen LogP contribution in [0.3, 0.4) is 0 Å². The van der Waals surface area contributed by atoms with Crippen molar-refractivity contribution in [2.24, 2.45) is 0 Å². The normalized spacial score (nSPS) is 10.7. The third kappa shape index (κ3) is 2.82. The van der Waals surface area contributed by atoms with Gasteiger partial charge in [0.05, 0.1) is 5.56 Å². The topological polar surface area (TPSA) is 40.5 Å². The second-order valence-corrected chi connectivity index (χ2v) is 6.49. The molecule has 0 aliphatic rings. The molecule has 0 unspecified atom stereocenters. The maximum absolute atomic E-state index is 12.4. The zero-order valence-electron chi connectivity index (χ0n) is 12.9. The van der Waals surface area contributed by atoms with Gasteiger partial charge in [0, 0.05) is 24.0 Å². The van der Waals surface area contributed by atoms with Crippen LogP contribution in [0, 0.1) is 0 Å². The number of phenolic OH excluding ortho intramolecular Hbond substituents is 1. The number of benzene rings is 3. The Balaban J connectivity index is 2.34. The Morgan fingerprint density at radius 2 is 1.61 bits per heavy atom. The summed E-state index contributed by atoms with van der Waals surface area (Å²) in [5.74, 6) is -0.188. The lowest BCUT2D eigenvalue weighted by atomic mass is 9.94. The Bertz CT molecular complexity index is 886. The van der Waals surface area contributed by atoms with Gasteiger partial charge in [0.25, 0.3) is 5.91 Å². The molecule has 0 heterocycles. The smallest absolute Gasteiger partial charge is 0.257 e. The fourth-order valence-electron chi connectivity index (χ4n) is 2.63. The van der Waals surface area contributed by atoms with Crippen LogP contribution in [0.5, 0.6) is 5.75 Å². The lowest BCUT2D eigenvalue weighted by Crippen LogP contribution is -2.21.